The maximum absolute atomic E-state index is 12.8. The molecule has 1 fully saturated rings. The van der Waals surface area contributed by atoms with Gasteiger partial charge in [-0.3, -0.25) is 4.79 Å². The molecule has 1 saturated heterocycles. The van der Waals surface area contributed by atoms with Crippen molar-refractivity contribution in [1.82, 2.24) is 10.6 Å². The lowest BCUT2D eigenvalue weighted by atomic mass is 10.0. The number of nitrogens with one attached hydrogen (secondary N) is 2. The zero-order chi connectivity index (χ0) is 10.7. The van der Waals surface area contributed by atoms with E-state index in [1.54, 1.807) is 12.1 Å². The zero-order valence-electron chi connectivity index (χ0n) is 8.29. The van der Waals surface area contributed by atoms with Crippen molar-refractivity contribution in [3.63, 3.8) is 0 Å². The molecule has 15 heavy (non-hydrogen) atoms. The first-order valence-electron chi connectivity index (χ1n) is 4.98. The summed E-state index contributed by atoms with van der Waals surface area (Å²) in [4.78, 5) is 11.4. The molecule has 1 amide bonds. The Bertz CT molecular complexity index is 363. The summed E-state index contributed by atoms with van der Waals surface area (Å²) < 4.78 is 12.8. The van der Waals surface area contributed by atoms with Crippen LogP contribution in [0.25, 0.3) is 0 Å². The molecule has 1 heterocycles. The molecule has 80 valence electrons. The smallest absolute Gasteiger partial charge is 0.225 e. The van der Waals surface area contributed by atoms with E-state index in [1.807, 2.05) is 0 Å². The summed E-state index contributed by atoms with van der Waals surface area (Å²) in [6.45, 7) is 1.89. The van der Waals surface area contributed by atoms with Crippen LogP contribution in [0.3, 0.4) is 0 Å². The predicted octanol–water partition coefficient (Wildman–Crippen LogP) is 0.661. The third-order valence-electron chi connectivity index (χ3n) is 2.51. The highest BCUT2D eigenvalue weighted by atomic mass is 19.1. The Morgan fingerprint density at radius 1 is 1.53 bits per heavy atom. The largest absolute Gasteiger partial charge is 0.352 e. The molecular weight excluding hydrogens is 195 g/mol. The van der Waals surface area contributed by atoms with Crippen molar-refractivity contribution < 1.29 is 9.18 Å². The average Bonchev–Trinajstić information content (AvgIpc) is 2.12. The van der Waals surface area contributed by atoms with Gasteiger partial charge in [-0.25, -0.2) is 4.39 Å². The van der Waals surface area contributed by atoms with E-state index >= 15 is 0 Å². The van der Waals surface area contributed by atoms with Crippen LogP contribution >= 0.6 is 0 Å². The topological polar surface area (TPSA) is 41.1 Å². The number of amides is 1. The van der Waals surface area contributed by atoms with Gasteiger partial charge in [0.1, 0.15) is 5.82 Å². The summed E-state index contributed by atoms with van der Waals surface area (Å²) in [5, 5.41) is 5.81. The van der Waals surface area contributed by atoms with E-state index in [1.165, 1.54) is 12.1 Å². The highest BCUT2D eigenvalue weighted by Crippen LogP contribution is 2.05. The first kappa shape index (κ1) is 10.1. The summed E-state index contributed by atoms with van der Waals surface area (Å²) >= 11 is 0. The number of carbonyl (C=O) groups excluding carboxylic acids is 1. The molecule has 4 heteroatoms. The fourth-order valence-electron chi connectivity index (χ4n) is 1.45. The molecule has 0 saturated carbocycles. The molecule has 0 bridgehead atoms. The van der Waals surface area contributed by atoms with Crippen molar-refractivity contribution in [2.75, 3.05) is 13.1 Å². The van der Waals surface area contributed by atoms with E-state index in [-0.39, 0.29) is 17.6 Å². The van der Waals surface area contributed by atoms with Gasteiger partial charge in [0.25, 0.3) is 0 Å². The lowest BCUT2D eigenvalue weighted by Gasteiger charge is -2.25. The van der Waals surface area contributed by atoms with Gasteiger partial charge >= 0.3 is 0 Å². The van der Waals surface area contributed by atoms with Crippen molar-refractivity contribution in [2.45, 2.75) is 6.54 Å². The molecule has 1 aliphatic rings. The molecule has 1 aromatic rings. The summed E-state index contributed by atoms with van der Waals surface area (Å²) in [7, 11) is 0. The Hall–Kier alpha value is -1.42. The van der Waals surface area contributed by atoms with Crippen molar-refractivity contribution in [2.24, 2.45) is 5.92 Å². The molecular formula is C11H13FN2O. The molecule has 0 unspecified atom stereocenters. The SMILES string of the molecule is O=C(NCc1cccc(F)c1)C1CNC1. The average molecular weight is 208 g/mol. The van der Waals surface area contributed by atoms with Crippen LogP contribution in [0, 0.1) is 11.7 Å². The number of hydrogen-bond acceptors (Lipinski definition) is 2. The molecule has 0 spiro atoms. The monoisotopic (exact) mass is 208 g/mol. The van der Waals surface area contributed by atoms with Gasteiger partial charge in [-0.1, -0.05) is 12.1 Å². The maximum atomic E-state index is 12.8. The van der Waals surface area contributed by atoms with E-state index in [4.69, 9.17) is 0 Å². The number of carbonyl (C=O) groups is 1. The second-order valence-electron chi connectivity index (χ2n) is 3.70. The lowest BCUT2D eigenvalue weighted by Crippen LogP contribution is -2.50. The normalized spacial score (nSPS) is 15.8. The fraction of sp³-hybridized carbons (Fsp3) is 0.364. The second-order valence-corrected chi connectivity index (χ2v) is 3.70. The molecule has 2 rings (SSSR count). The van der Waals surface area contributed by atoms with Crippen LogP contribution < -0.4 is 10.6 Å². The van der Waals surface area contributed by atoms with Crippen LogP contribution in [0.15, 0.2) is 24.3 Å². The molecule has 0 aliphatic carbocycles. The third kappa shape index (κ3) is 2.53. The van der Waals surface area contributed by atoms with Crippen molar-refractivity contribution in [1.29, 1.82) is 0 Å². The van der Waals surface area contributed by atoms with Crippen molar-refractivity contribution >= 4 is 5.91 Å². The summed E-state index contributed by atoms with van der Waals surface area (Å²) in [5.74, 6) is -0.149. The van der Waals surface area contributed by atoms with Gasteiger partial charge in [0, 0.05) is 19.6 Å². The first-order chi connectivity index (χ1) is 7.25. The summed E-state index contributed by atoms with van der Waals surface area (Å²) in [5.41, 5.74) is 0.788. The minimum atomic E-state index is -0.271. The molecule has 3 nitrogen and oxygen atoms in total. The second kappa shape index (κ2) is 4.40. The van der Waals surface area contributed by atoms with E-state index in [0.717, 1.165) is 18.7 Å². The van der Waals surface area contributed by atoms with E-state index in [2.05, 4.69) is 10.6 Å². The van der Waals surface area contributed by atoms with Crippen LogP contribution in [0.2, 0.25) is 0 Å². The van der Waals surface area contributed by atoms with Crippen LogP contribution in [0.1, 0.15) is 5.56 Å². The maximum Gasteiger partial charge on any atom is 0.225 e. The van der Waals surface area contributed by atoms with Crippen molar-refractivity contribution in [3.8, 4) is 0 Å². The van der Waals surface area contributed by atoms with E-state index < -0.39 is 0 Å². The Labute approximate surface area is 87.7 Å². The predicted molar refractivity (Wildman–Crippen MR) is 54.6 cm³/mol. The van der Waals surface area contributed by atoms with Gasteiger partial charge in [-0.05, 0) is 17.7 Å². The molecule has 1 aliphatic heterocycles. The van der Waals surface area contributed by atoms with Gasteiger partial charge in [-0.2, -0.15) is 0 Å². The minimum Gasteiger partial charge on any atom is -0.352 e. The molecule has 1 aromatic carbocycles. The van der Waals surface area contributed by atoms with E-state index in [9.17, 15) is 9.18 Å². The van der Waals surface area contributed by atoms with Gasteiger partial charge in [-0.15, -0.1) is 0 Å². The highest BCUT2D eigenvalue weighted by molar-refractivity contribution is 5.79. The number of hydrogen-bond donors (Lipinski definition) is 2. The molecule has 0 radical (unpaired) electrons. The van der Waals surface area contributed by atoms with Gasteiger partial charge in [0.15, 0.2) is 0 Å². The molecule has 0 atom stereocenters. The first-order valence-corrected chi connectivity index (χ1v) is 4.98. The van der Waals surface area contributed by atoms with Crippen LogP contribution in [0.4, 0.5) is 4.39 Å². The summed E-state index contributed by atoms with van der Waals surface area (Å²) in [6.07, 6.45) is 0. The van der Waals surface area contributed by atoms with Crippen LogP contribution in [0.5, 0.6) is 0 Å². The minimum absolute atomic E-state index is 0.0398. The van der Waals surface area contributed by atoms with Gasteiger partial charge in [0.05, 0.1) is 5.92 Å². The zero-order valence-corrected chi connectivity index (χ0v) is 8.29. The van der Waals surface area contributed by atoms with Crippen molar-refractivity contribution in [3.05, 3.63) is 35.6 Å². The van der Waals surface area contributed by atoms with Gasteiger partial charge < -0.3 is 10.6 Å². The Morgan fingerprint density at radius 3 is 2.93 bits per heavy atom. The Balaban J connectivity index is 1.84. The fourth-order valence-corrected chi connectivity index (χ4v) is 1.45. The third-order valence-corrected chi connectivity index (χ3v) is 2.51. The number of rotatable bonds is 3. The Kier molecular flexibility index (Phi) is 2.97. The molecule has 0 aromatic heterocycles. The molecule has 2 N–H and O–H groups in total. The van der Waals surface area contributed by atoms with E-state index in [0.29, 0.717) is 6.54 Å². The van der Waals surface area contributed by atoms with Crippen LogP contribution in [-0.2, 0) is 11.3 Å². The standard InChI is InChI=1S/C11H13FN2O/c12-10-3-1-2-8(4-10)5-14-11(15)9-6-13-7-9/h1-4,9,13H,5-7H2,(H,14,15). The number of benzene rings is 1. The van der Waals surface area contributed by atoms with Gasteiger partial charge in [0.2, 0.25) is 5.91 Å². The highest BCUT2D eigenvalue weighted by Gasteiger charge is 2.24. The quantitative estimate of drug-likeness (QED) is 0.766. The Morgan fingerprint density at radius 2 is 2.33 bits per heavy atom. The lowest BCUT2D eigenvalue weighted by molar-refractivity contribution is -0.126. The van der Waals surface area contributed by atoms with Crippen LogP contribution in [-0.4, -0.2) is 19.0 Å². The summed E-state index contributed by atoms with van der Waals surface area (Å²) in [6, 6.07) is 6.25. The number of halogens is 1.